The second-order valence-electron chi connectivity index (χ2n) is 6.15. The molecule has 0 unspecified atom stereocenters. The number of amides is 1. The summed E-state index contributed by atoms with van der Waals surface area (Å²) in [6.45, 7) is 1.92. The molecular formula is C19H13Cl3N6O. The van der Waals surface area contributed by atoms with Gasteiger partial charge in [-0.1, -0.05) is 40.9 Å². The van der Waals surface area contributed by atoms with Crippen LogP contribution in [0, 0.1) is 6.92 Å². The predicted octanol–water partition coefficient (Wildman–Crippen LogP) is 4.84. The van der Waals surface area contributed by atoms with Crippen molar-refractivity contribution < 1.29 is 4.79 Å². The van der Waals surface area contributed by atoms with E-state index in [-0.39, 0.29) is 10.6 Å². The zero-order chi connectivity index (χ0) is 20.5. The molecule has 146 valence electrons. The van der Waals surface area contributed by atoms with Gasteiger partial charge in [-0.2, -0.15) is 5.10 Å². The lowest BCUT2D eigenvalue weighted by Gasteiger charge is -2.10. The molecule has 0 aliphatic carbocycles. The summed E-state index contributed by atoms with van der Waals surface area (Å²) in [5.41, 5.74) is 7.92. The Labute approximate surface area is 180 Å². The number of hydrogen-bond donors (Lipinski definition) is 2. The van der Waals surface area contributed by atoms with Gasteiger partial charge in [0.25, 0.3) is 5.91 Å². The highest BCUT2D eigenvalue weighted by atomic mass is 35.5. The molecule has 2 aromatic heterocycles. The van der Waals surface area contributed by atoms with E-state index in [1.807, 2.05) is 25.1 Å². The first kappa shape index (κ1) is 19.4. The van der Waals surface area contributed by atoms with Gasteiger partial charge in [-0.05, 0) is 42.8 Å². The second kappa shape index (κ2) is 7.87. The van der Waals surface area contributed by atoms with Crippen LogP contribution in [0.15, 0.2) is 48.9 Å². The molecule has 10 heteroatoms. The Kier molecular flexibility index (Phi) is 5.27. The molecule has 2 N–H and O–H groups in total. The van der Waals surface area contributed by atoms with Gasteiger partial charge in [0.1, 0.15) is 6.33 Å². The van der Waals surface area contributed by atoms with Crippen LogP contribution in [0.3, 0.4) is 0 Å². The predicted molar refractivity (Wildman–Crippen MR) is 114 cm³/mol. The summed E-state index contributed by atoms with van der Waals surface area (Å²) in [7, 11) is 0. The van der Waals surface area contributed by atoms with Crippen LogP contribution in [0.5, 0.6) is 0 Å². The van der Waals surface area contributed by atoms with Gasteiger partial charge < -0.3 is 0 Å². The van der Waals surface area contributed by atoms with Crippen molar-refractivity contribution in [3.8, 4) is 5.69 Å². The Morgan fingerprint density at radius 3 is 2.62 bits per heavy atom. The van der Waals surface area contributed by atoms with Crippen molar-refractivity contribution >= 4 is 57.6 Å². The van der Waals surface area contributed by atoms with Gasteiger partial charge in [0.05, 0.1) is 27.9 Å². The minimum atomic E-state index is -0.434. The van der Waals surface area contributed by atoms with Crippen LogP contribution in [0.2, 0.25) is 15.1 Å². The molecule has 0 fully saturated rings. The van der Waals surface area contributed by atoms with Gasteiger partial charge in [-0.3, -0.25) is 15.6 Å². The van der Waals surface area contributed by atoms with Crippen LogP contribution in [-0.2, 0) is 0 Å². The van der Waals surface area contributed by atoms with E-state index in [2.05, 4.69) is 25.9 Å². The molecule has 0 atom stereocenters. The highest BCUT2D eigenvalue weighted by molar-refractivity contribution is 6.36. The van der Waals surface area contributed by atoms with Crippen LogP contribution in [-0.4, -0.2) is 25.7 Å². The fraction of sp³-hybridized carbons (Fsp3) is 0.0526. The number of nitrogens with zero attached hydrogens (tertiary/aromatic N) is 4. The lowest BCUT2D eigenvalue weighted by molar-refractivity contribution is 0.0962. The number of rotatable bonds is 4. The quantitative estimate of drug-likeness (QED) is 0.437. The first-order valence-electron chi connectivity index (χ1n) is 8.40. The van der Waals surface area contributed by atoms with Crippen molar-refractivity contribution in [3.05, 3.63) is 75.1 Å². The maximum Gasteiger partial charge on any atom is 0.271 e. The van der Waals surface area contributed by atoms with E-state index < -0.39 is 5.91 Å². The fourth-order valence-electron chi connectivity index (χ4n) is 2.70. The standard InChI is InChI=1S/C19H13Cl3N6O/c1-10-2-4-12(7-15(10)21)28-18-14(8-25-28)17(23-9-24-18)26-27-19(29)13-5-3-11(20)6-16(13)22/h2-9H,1H3,(H,27,29)(H,23,24,26). The summed E-state index contributed by atoms with van der Waals surface area (Å²) in [4.78, 5) is 20.9. The van der Waals surface area contributed by atoms with Gasteiger partial charge in [0.15, 0.2) is 11.5 Å². The Hall–Kier alpha value is -2.87. The molecular weight excluding hydrogens is 435 g/mol. The Morgan fingerprint density at radius 2 is 1.86 bits per heavy atom. The summed E-state index contributed by atoms with van der Waals surface area (Å²) in [5.74, 6) is -0.0472. The normalized spacial score (nSPS) is 10.9. The molecule has 2 aromatic carbocycles. The van der Waals surface area contributed by atoms with E-state index in [0.717, 1.165) is 11.3 Å². The first-order chi connectivity index (χ1) is 13.9. The summed E-state index contributed by atoms with van der Waals surface area (Å²) in [5, 5.41) is 6.31. The Balaban J connectivity index is 1.61. The Morgan fingerprint density at radius 1 is 1.03 bits per heavy atom. The maximum absolute atomic E-state index is 12.4. The minimum absolute atomic E-state index is 0.244. The van der Waals surface area contributed by atoms with Crippen LogP contribution >= 0.6 is 34.8 Å². The average molecular weight is 448 g/mol. The number of carbonyl (C=O) groups is 1. The SMILES string of the molecule is Cc1ccc(-n2ncc3c(NNC(=O)c4ccc(Cl)cc4Cl)ncnc32)cc1Cl. The third-order valence-electron chi connectivity index (χ3n) is 4.24. The topological polar surface area (TPSA) is 84.7 Å². The van der Waals surface area contributed by atoms with Crippen molar-refractivity contribution in [2.24, 2.45) is 0 Å². The average Bonchev–Trinajstić information content (AvgIpc) is 3.13. The molecule has 29 heavy (non-hydrogen) atoms. The van der Waals surface area contributed by atoms with Crippen LogP contribution < -0.4 is 10.9 Å². The lowest BCUT2D eigenvalue weighted by Crippen LogP contribution is -2.30. The summed E-state index contributed by atoms with van der Waals surface area (Å²) in [6, 6.07) is 10.2. The van der Waals surface area contributed by atoms with Crippen LogP contribution in [0.1, 0.15) is 15.9 Å². The molecule has 0 aliphatic rings. The van der Waals surface area contributed by atoms with Gasteiger partial charge in [-0.15, -0.1) is 0 Å². The summed E-state index contributed by atoms with van der Waals surface area (Å²) in [6.07, 6.45) is 2.98. The van der Waals surface area contributed by atoms with Gasteiger partial charge in [0, 0.05) is 10.0 Å². The minimum Gasteiger partial charge on any atom is -0.281 e. The van der Waals surface area contributed by atoms with Crippen LogP contribution in [0.4, 0.5) is 5.82 Å². The zero-order valence-electron chi connectivity index (χ0n) is 14.9. The number of anilines is 1. The van der Waals surface area contributed by atoms with E-state index in [1.165, 1.54) is 18.5 Å². The number of aryl methyl sites for hydroxylation is 1. The molecule has 4 rings (SSSR count). The second-order valence-corrected chi connectivity index (χ2v) is 7.40. The van der Waals surface area contributed by atoms with Gasteiger partial charge in [0.2, 0.25) is 0 Å². The highest BCUT2D eigenvalue weighted by Gasteiger charge is 2.14. The fourth-order valence-corrected chi connectivity index (χ4v) is 3.37. The third-order valence-corrected chi connectivity index (χ3v) is 5.19. The Bertz CT molecular complexity index is 1240. The van der Waals surface area contributed by atoms with Crippen molar-refractivity contribution in [2.45, 2.75) is 6.92 Å². The van der Waals surface area contributed by atoms with Gasteiger partial charge >= 0.3 is 0 Å². The third kappa shape index (κ3) is 3.85. The smallest absolute Gasteiger partial charge is 0.271 e. The molecule has 0 spiro atoms. The summed E-state index contributed by atoms with van der Waals surface area (Å²) < 4.78 is 1.64. The molecule has 4 aromatic rings. The number of benzene rings is 2. The molecule has 0 saturated heterocycles. The zero-order valence-corrected chi connectivity index (χ0v) is 17.2. The van der Waals surface area contributed by atoms with E-state index >= 15 is 0 Å². The monoisotopic (exact) mass is 446 g/mol. The number of aromatic nitrogens is 4. The number of fused-ring (bicyclic) bond motifs is 1. The van der Waals surface area contributed by atoms with Gasteiger partial charge in [-0.25, -0.2) is 14.6 Å². The van der Waals surface area contributed by atoms with Crippen molar-refractivity contribution in [2.75, 3.05) is 5.43 Å². The van der Waals surface area contributed by atoms with Crippen molar-refractivity contribution in [1.29, 1.82) is 0 Å². The molecule has 2 heterocycles. The number of carbonyl (C=O) groups excluding carboxylic acids is 1. The van der Waals surface area contributed by atoms with E-state index in [0.29, 0.717) is 26.9 Å². The molecule has 0 saturated carbocycles. The molecule has 7 nitrogen and oxygen atoms in total. The van der Waals surface area contributed by atoms with E-state index in [4.69, 9.17) is 34.8 Å². The highest BCUT2D eigenvalue weighted by Crippen LogP contribution is 2.25. The van der Waals surface area contributed by atoms with Crippen LogP contribution in [0.25, 0.3) is 16.7 Å². The molecule has 1 amide bonds. The molecule has 0 aliphatic heterocycles. The lowest BCUT2D eigenvalue weighted by atomic mass is 10.2. The number of hydrogen-bond acceptors (Lipinski definition) is 5. The molecule has 0 radical (unpaired) electrons. The summed E-state index contributed by atoms with van der Waals surface area (Å²) >= 11 is 18.2. The number of nitrogens with one attached hydrogen (secondary N) is 2. The van der Waals surface area contributed by atoms with E-state index in [1.54, 1.807) is 16.9 Å². The maximum atomic E-state index is 12.4. The van der Waals surface area contributed by atoms with E-state index in [9.17, 15) is 4.79 Å². The number of hydrazine groups is 1. The first-order valence-corrected chi connectivity index (χ1v) is 9.54. The van der Waals surface area contributed by atoms with Crippen molar-refractivity contribution in [3.63, 3.8) is 0 Å². The van der Waals surface area contributed by atoms with Crippen molar-refractivity contribution in [1.82, 2.24) is 25.2 Å². The number of halogens is 3. The largest absolute Gasteiger partial charge is 0.281 e. The molecule has 0 bridgehead atoms.